The van der Waals surface area contributed by atoms with Gasteiger partial charge in [0.15, 0.2) is 5.58 Å². The van der Waals surface area contributed by atoms with E-state index in [-0.39, 0.29) is 0 Å². The normalized spacial score (nSPS) is 11.7. The number of furan rings is 1. The van der Waals surface area contributed by atoms with E-state index in [9.17, 15) is 0 Å². The van der Waals surface area contributed by atoms with E-state index in [0.717, 1.165) is 44.6 Å². The lowest BCUT2D eigenvalue weighted by molar-refractivity contribution is 0.669. The minimum atomic E-state index is 0.861. The summed E-state index contributed by atoms with van der Waals surface area (Å²) in [6.45, 7) is 0. The first-order valence-electron chi connectivity index (χ1n) is 22.2. The Bertz CT molecular complexity index is 3920. The van der Waals surface area contributed by atoms with Crippen LogP contribution in [0.4, 0.5) is 17.1 Å². The summed E-state index contributed by atoms with van der Waals surface area (Å²) < 4.78 is 9.18. The molecule has 3 heteroatoms. The lowest BCUT2D eigenvalue weighted by atomic mass is 9.98. The Morgan fingerprint density at radius 2 is 0.846 bits per heavy atom. The van der Waals surface area contributed by atoms with Crippen LogP contribution in [0.2, 0.25) is 0 Å². The maximum Gasteiger partial charge on any atom is 0.159 e. The van der Waals surface area contributed by atoms with Gasteiger partial charge in [-0.25, -0.2) is 0 Å². The Morgan fingerprint density at radius 1 is 0.323 bits per heavy atom. The van der Waals surface area contributed by atoms with Crippen LogP contribution in [0, 0.1) is 0 Å². The average Bonchev–Trinajstić information content (AvgIpc) is 3.94. The Kier molecular flexibility index (Phi) is 8.53. The van der Waals surface area contributed by atoms with Gasteiger partial charge >= 0.3 is 0 Å². The second kappa shape index (κ2) is 15.0. The molecule has 11 aromatic carbocycles. The van der Waals surface area contributed by atoms with Gasteiger partial charge in [-0.2, -0.15) is 0 Å². The number of para-hydroxylation sites is 3. The lowest BCUT2D eigenvalue weighted by Gasteiger charge is -2.26. The van der Waals surface area contributed by atoms with Crippen molar-refractivity contribution >= 4 is 82.4 Å². The maximum atomic E-state index is 6.81. The van der Waals surface area contributed by atoms with E-state index >= 15 is 0 Å². The van der Waals surface area contributed by atoms with Gasteiger partial charge in [0.25, 0.3) is 0 Å². The fourth-order valence-corrected chi connectivity index (χ4v) is 9.99. The molecule has 0 aliphatic heterocycles. The molecule has 0 aliphatic carbocycles. The molecule has 0 fully saturated rings. The third kappa shape index (κ3) is 6.20. The highest BCUT2D eigenvalue weighted by Gasteiger charge is 2.21. The summed E-state index contributed by atoms with van der Waals surface area (Å²) >= 11 is 0. The summed E-state index contributed by atoms with van der Waals surface area (Å²) in [6, 6.07) is 87.6. The van der Waals surface area contributed by atoms with Crippen LogP contribution in [0.3, 0.4) is 0 Å². The van der Waals surface area contributed by atoms with E-state index in [2.05, 4.69) is 252 Å². The molecule has 2 aromatic heterocycles. The smallest absolute Gasteiger partial charge is 0.159 e. The molecular formula is C62H40N2O. The molecule has 0 spiro atoms. The Morgan fingerprint density at radius 3 is 1.58 bits per heavy atom. The molecule has 0 saturated carbocycles. The summed E-state index contributed by atoms with van der Waals surface area (Å²) in [5.41, 5.74) is 15.5. The predicted octanol–water partition coefficient (Wildman–Crippen LogP) is 17.5. The highest BCUT2D eigenvalue weighted by molar-refractivity contribution is 6.21. The first kappa shape index (κ1) is 36.9. The number of nitrogens with zero attached hydrogens (tertiary/aromatic N) is 2. The van der Waals surface area contributed by atoms with Crippen LogP contribution in [0.15, 0.2) is 247 Å². The number of benzene rings is 11. The van der Waals surface area contributed by atoms with Gasteiger partial charge in [-0.15, -0.1) is 0 Å². The summed E-state index contributed by atoms with van der Waals surface area (Å²) in [5.74, 6) is 0. The maximum absolute atomic E-state index is 6.81. The van der Waals surface area contributed by atoms with Gasteiger partial charge in [0.2, 0.25) is 0 Å². The average molecular weight is 829 g/mol. The van der Waals surface area contributed by atoms with E-state index in [1.807, 2.05) is 0 Å². The zero-order chi connectivity index (χ0) is 42.8. The fourth-order valence-electron chi connectivity index (χ4n) is 9.99. The van der Waals surface area contributed by atoms with E-state index < -0.39 is 0 Å². The number of hydrogen-bond donors (Lipinski definition) is 0. The molecule has 0 amide bonds. The Hall–Kier alpha value is -8.66. The van der Waals surface area contributed by atoms with Crippen molar-refractivity contribution in [2.24, 2.45) is 0 Å². The van der Waals surface area contributed by atoms with E-state index in [4.69, 9.17) is 4.42 Å². The van der Waals surface area contributed by atoms with Crippen molar-refractivity contribution in [1.82, 2.24) is 4.57 Å². The largest absolute Gasteiger partial charge is 0.454 e. The zero-order valence-electron chi connectivity index (χ0n) is 35.4. The second-order valence-electron chi connectivity index (χ2n) is 16.9. The molecule has 0 bridgehead atoms. The first-order chi connectivity index (χ1) is 32.2. The highest BCUT2D eigenvalue weighted by Crippen LogP contribution is 2.45. The van der Waals surface area contributed by atoms with Crippen LogP contribution in [0.1, 0.15) is 0 Å². The molecule has 0 N–H and O–H groups in total. The van der Waals surface area contributed by atoms with Crippen LogP contribution in [0.25, 0.3) is 104 Å². The van der Waals surface area contributed by atoms with E-state index in [0.29, 0.717) is 0 Å². The molecule has 0 radical (unpaired) electrons. The number of hydrogen-bond acceptors (Lipinski definition) is 2. The third-order valence-electron chi connectivity index (χ3n) is 13.2. The molecule has 0 saturated heterocycles. The summed E-state index contributed by atoms with van der Waals surface area (Å²) in [7, 11) is 0. The van der Waals surface area contributed by atoms with Gasteiger partial charge in [-0.3, -0.25) is 0 Å². The van der Waals surface area contributed by atoms with Crippen LogP contribution in [0.5, 0.6) is 0 Å². The molecule has 13 rings (SSSR count). The van der Waals surface area contributed by atoms with Crippen LogP contribution in [-0.4, -0.2) is 4.57 Å². The summed E-state index contributed by atoms with van der Waals surface area (Å²) in [4.78, 5) is 2.33. The van der Waals surface area contributed by atoms with Crippen molar-refractivity contribution in [3.8, 4) is 39.1 Å². The van der Waals surface area contributed by atoms with Crippen molar-refractivity contribution < 1.29 is 4.42 Å². The first-order valence-corrected chi connectivity index (χ1v) is 22.2. The van der Waals surface area contributed by atoms with Gasteiger partial charge < -0.3 is 13.9 Å². The van der Waals surface area contributed by atoms with E-state index in [1.165, 1.54) is 76.9 Å². The number of anilines is 3. The van der Waals surface area contributed by atoms with Gasteiger partial charge in [0, 0.05) is 38.6 Å². The van der Waals surface area contributed by atoms with Crippen molar-refractivity contribution in [3.63, 3.8) is 0 Å². The molecule has 304 valence electrons. The molecule has 0 aliphatic rings. The molecular weight excluding hydrogens is 789 g/mol. The molecule has 0 unspecified atom stereocenters. The molecule has 2 heterocycles. The highest BCUT2D eigenvalue weighted by atomic mass is 16.3. The van der Waals surface area contributed by atoms with Crippen molar-refractivity contribution in [1.29, 1.82) is 0 Å². The quantitative estimate of drug-likeness (QED) is 0.160. The van der Waals surface area contributed by atoms with Crippen LogP contribution >= 0.6 is 0 Å². The van der Waals surface area contributed by atoms with Gasteiger partial charge in [-0.1, -0.05) is 170 Å². The minimum Gasteiger partial charge on any atom is -0.454 e. The SMILES string of the molecule is c1ccc(-n2c3ccccc3c3cc(-c4ccc(-c5ccc(N(c6ccc(-c7ccc8ccccc8c7)cc6)c6cccc7c6oc6ccc8ccccc8c67)cc5)cc4)ccc32)cc1. The van der Waals surface area contributed by atoms with Gasteiger partial charge in [0.05, 0.1) is 16.7 Å². The van der Waals surface area contributed by atoms with Gasteiger partial charge in [-0.05, 0) is 128 Å². The zero-order valence-corrected chi connectivity index (χ0v) is 35.4. The Labute approximate surface area is 376 Å². The van der Waals surface area contributed by atoms with Crippen LogP contribution in [-0.2, 0) is 0 Å². The van der Waals surface area contributed by atoms with E-state index in [1.54, 1.807) is 0 Å². The molecule has 65 heavy (non-hydrogen) atoms. The third-order valence-corrected chi connectivity index (χ3v) is 13.2. The minimum absolute atomic E-state index is 0.861. The number of aromatic nitrogens is 1. The second-order valence-corrected chi connectivity index (χ2v) is 16.9. The molecule has 13 aromatic rings. The van der Waals surface area contributed by atoms with Crippen molar-refractivity contribution in [2.75, 3.05) is 4.90 Å². The summed E-state index contributed by atoms with van der Waals surface area (Å²) in [6.07, 6.45) is 0. The lowest BCUT2D eigenvalue weighted by Crippen LogP contribution is -2.10. The molecule has 3 nitrogen and oxygen atoms in total. The summed E-state index contributed by atoms with van der Waals surface area (Å²) in [5, 5.41) is 9.62. The monoisotopic (exact) mass is 828 g/mol. The van der Waals surface area contributed by atoms with Crippen LogP contribution < -0.4 is 4.90 Å². The topological polar surface area (TPSA) is 21.3 Å². The fraction of sp³-hybridized carbons (Fsp3) is 0. The molecule has 0 atom stereocenters. The number of rotatable bonds is 7. The standard InChI is InChI=1S/C62H40N2O/c1-2-14-50(15-3-1)64-57-19-9-8-17-54(57)56-40-49(31-37-58(56)64)44-23-21-42(22-24-44)43-27-33-51(34-28-43)63(52-35-29-45(30-36-52)48-26-25-41-11-4-5-13-47(41)39-48)59-20-10-18-55-61-53-16-7-6-12-46(53)32-38-60(61)65-62(55)59/h1-40H. The number of fused-ring (bicyclic) bond motifs is 9. The van der Waals surface area contributed by atoms with Crippen molar-refractivity contribution in [3.05, 3.63) is 243 Å². The van der Waals surface area contributed by atoms with Gasteiger partial charge in [0.1, 0.15) is 5.58 Å². The van der Waals surface area contributed by atoms with Crippen molar-refractivity contribution in [2.45, 2.75) is 0 Å². The Balaban J connectivity index is 0.873. The predicted molar refractivity (Wildman–Crippen MR) is 274 cm³/mol.